The second-order valence-corrected chi connectivity index (χ2v) is 19.1. The summed E-state index contributed by atoms with van der Waals surface area (Å²) < 4.78 is 2.65. The fourth-order valence-corrected chi connectivity index (χ4v) is 11.9. The normalized spacial score (nSPS) is 14.1. The Kier molecular flexibility index (Phi) is 8.17. The van der Waals surface area contributed by atoms with Gasteiger partial charge in [-0.05, 0) is 109 Å². The van der Waals surface area contributed by atoms with E-state index in [0.717, 1.165) is 11.4 Å². The fraction of sp³-hybridized carbons (Fsp3) is 0.100. The highest BCUT2D eigenvalue weighted by molar-refractivity contribution is 7.25. The number of para-hydroxylation sites is 1. The number of nitrogens with zero attached hydrogens (tertiary/aromatic N) is 1. The molecule has 9 aromatic carbocycles. The summed E-state index contributed by atoms with van der Waals surface area (Å²) in [5.41, 5.74) is 21.3. The molecule has 1 aromatic heterocycles. The molecule has 10 aromatic rings. The Balaban J connectivity index is 1.04. The second kappa shape index (κ2) is 13.8. The number of anilines is 3. The lowest BCUT2D eigenvalue weighted by Gasteiger charge is -2.31. The fourth-order valence-electron chi connectivity index (χ4n) is 10.8. The average molecular weight is 812 g/mol. The van der Waals surface area contributed by atoms with Gasteiger partial charge in [-0.15, -0.1) is 11.3 Å². The van der Waals surface area contributed by atoms with Crippen molar-refractivity contribution in [1.29, 1.82) is 0 Å². The highest BCUT2D eigenvalue weighted by Crippen LogP contribution is 2.56. The summed E-state index contributed by atoms with van der Waals surface area (Å²) in [5.74, 6) is 0. The minimum Gasteiger partial charge on any atom is -0.309 e. The van der Waals surface area contributed by atoms with Crippen LogP contribution < -0.4 is 4.90 Å². The van der Waals surface area contributed by atoms with Crippen molar-refractivity contribution in [3.63, 3.8) is 0 Å². The molecule has 1 nitrogen and oxygen atoms in total. The summed E-state index contributed by atoms with van der Waals surface area (Å²) in [6, 6.07) is 74.9. The van der Waals surface area contributed by atoms with Crippen molar-refractivity contribution < 1.29 is 0 Å². The van der Waals surface area contributed by atoms with Gasteiger partial charge < -0.3 is 4.90 Å². The van der Waals surface area contributed by atoms with Crippen molar-refractivity contribution >= 4 is 48.6 Å². The largest absolute Gasteiger partial charge is 0.309 e. The van der Waals surface area contributed by atoms with E-state index in [9.17, 15) is 0 Å². The van der Waals surface area contributed by atoms with E-state index in [-0.39, 0.29) is 10.8 Å². The maximum atomic E-state index is 2.52. The van der Waals surface area contributed by atoms with Crippen LogP contribution in [-0.2, 0) is 10.8 Å². The van der Waals surface area contributed by atoms with E-state index in [1.807, 2.05) is 11.3 Å². The first kappa shape index (κ1) is 36.8. The third-order valence-corrected chi connectivity index (χ3v) is 15.1. The Labute approximate surface area is 368 Å². The van der Waals surface area contributed by atoms with Crippen LogP contribution in [0.3, 0.4) is 0 Å². The molecule has 0 spiro atoms. The molecule has 0 bridgehead atoms. The molecule has 0 saturated heterocycles. The van der Waals surface area contributed by atoms with Gasteiger partial charge in [0, 0.05) is 47.8 Å². The van der Waals surface area contributed by atoms with Gasteiger partial charge in [0.25, 0.3) is 0 Å². The molecule has 0 radical (unpaired) electrons. The first-order valence-electron chi connectivity index (χ1n) is 21.8. The van der Waals surface area contributed by atoms with E-state index in [0.29, 0.717) is 0 Å². The molecule has 0 unspecified atom stereocenters. The van der Waals surface area contributed by atoms with Crippen molar-refractivity contribution in [3.05, 3.63) is 222 Å². The van der Waals surface area contributed by atoms with E-state index in [4.69, 9.17) is 0 Å². The maximum Gasteiger partial charge on any atom is 0.0543 e. The zero-order valence-electron chi connectivity index (χ0n) is 35.4. The van der Waals surface area contributed by atoms with Gasteiger partial charge in [-0.1, -0.05) is 185 Å². The molecule has 0 aliphatic heterocycles. The summed E-state index contributed by atoms with van der Waals surface area (Å²) in [7, 11) is 0. The molecule has 62 heavy (non-hydrogen) atoms. The summed E-state index contributed by atoms with van der Waals surface area (Å²) in [6.07, 6.45) is 0. The van der Waals surface area contributed by atoms with E-state index >= 15 is 0 Å². The number of hydrogen-bond acceptors (Lipinski definition) is 2. The van der Waals surface area contributed by atoms with Crippen molar-refractivity contribution in [2.75, 3.05) is 4.90 Å². The summed E-state index contributed by atoms with van der Waals surface area (Å²) in [5, 5.41) is 2.65. The number of fused-ring (bicyclic) bond motifs is 9. The monoisotopic (exact) mass is 811 g/mol. The van der Waals surface area contributed by atoms with Gasteiger partial charge >= 0.3 is 0 Å². The summed E-state index contributed by atoms with van der Waals surface area (Å²) in [4.78, 5) is 2.52. The lowest BCUT2D eigenvalue weighted by Crippen LogP contribution is -2.16. The summed E-state index contributed by atoms with van der Waals surface area (Å²) >= 11 is 1.87. The minimum atomic E-state index is -0.129. The van der Waals surface area contributed by atoms with Crippen LogP contribution in [0.2, 0.25) is 0 Å². The van der Waals surface area contributed by atoms with Crippen LogP contribution in [0.5, 0.6) is 0 Å². The maximum absolute atomic E-state index is 2.52. The van der Waals surface area contributed by atoms with Crippen molar-refractivity contribution in [3.8, 4) is 55.6 Å². The standard InChI is InChI=1S/C60H45NS/c1-59(2)50-22-11-7-18-44(50)49-36-40(31-35-52(49)59)42-16-5-6-17-43(42)45-19-9-13-25-54(45)61(55-26-15-24-53-58(55)48-21-8-12-23-51(48)60(53,3)4)41-32-28-38(29-33-41)39-30-34-47-46-20-10-14-27-56(46)62-57(47)37-39/h5-37H,1-4H3. The van der Waals surface area contributed by atoms with Crippen LogP contribution >= 0.6 is 11.3 Å². The van der Waals surface area contributed by atoms with Gasteiger partial charge in [0.1, 0.15) is 0 Å². The zero-order valence-corrected chi connectivity index (χ0v) is 36.2. The van der Waals surface area contributed by atoms with E-state index < -0.39 is 0 Å². The molecule has 2 heteroatoms. The van der Waals surface area contributed by atoms with Gasteiger partial charge in [-0.25, -0.2) is 0 Å². The molecule has 12 rings (SSSR count). The topological polar surface area (TPSA) is 3.24 Å². The first-order chi connectivity index (χ1) is 30.3. The lowest BCUT2D eigenvalue weighted by molar-refractivity contribution is 0.660. The van der Waals surface area contributed by atoms with Gasteiger partial charge in [0.15, 0.2) is 0 Å². The average Bonchev–Trinajstić information content (AvgIpc) is 3.89. The Morgan fingerprint density at radius 1 is 0.339 bits per heavy atom. The Morgan fingerprint density at radius 3 is 1.69 bits per heavy atom. The molecular weight excluding hydrogens is 767 g/mol. The van der Waals surface area contributed by atoms with Gasteiger partial charge in [0.2, 0.25) is 0 Å². The number of benzene rings is 9. The van der Waals surface area contributed by atoms with Crippen LogP contribution in [0, 0.1) is 0 Å². The van der Waals surface area contributed by atoms with Crippen LogP contribution in [0.1, 0.15) is 49.9 Å². The molecule has 0 N–H and O–H groups in total. The number of rotatable bonds is 6. The third kappa shape index (κ3) is 5.46. The Hall–Kier alpha value is -7.00. The van der Waals surface area contributed by atoms with Crippen molar-refractivity contribution in [2.24, 2.45) is 0 Å². The predicted molar refractivity (Wildman–Crippen MR) is 265 cm³/mol. The molecule has 0 atom stereocenters. The van der Waals surface area contributed by atoms with Gasteiger partial charge in [-0.2, -0.15) is 0 Å². The number of hydrogen-bond donors (Lipinski definition) is 0. The smallest absolute Gasteiger partial charge is 0.0543 e. The molecule has 0 fully saturated rings. The molecule has 2 aliphatic rings. The van der Waals surface area contributed by atoms with Crippen LogP contribution in [0.25, 0.3) is 75.8 Å². The van der Waals surface area contributed by atoms with Crippen LogP contribution in [0.4, 0.5) is 17.1 Å². The van der Waals surface area contributed by atoms with Gasteiger partial charge in [0.05, 0.1) is 11.4 Å². The van der Waals surface area contributed by atoms with Crippen LogP contribution in [-0.4, -0.2) is 0 Å². The van der Waals surface area contributed by atoms with Crippen molar-refractivity contribution in [1.82, 2.24) is 0 Å². The Morgan fingerprint density at radius 2 is 0.887 bits per heavy atom. The van der Waals surface area contributed by atoms with Crippen molar-refractivity contribution in [2.45, 2.75) is 38.5 Å². The lowest BCUT2D eigenvalue weighted by atomic mass is 9.82. The predicted octanol–water partition coefficient (Wildman–Crippen LogP) is 17.1. The Bertz CT molecular complexity index is 3420. The highest BCUT2D eigenvalue weighted by atomic mass is 32.1. The summed E-state index contributed by atoms with van der Waals surface area (Å²) in [6.45, 7) is 9.45. The third-order valence-electron chi connectivity index (χ3n) is 13.9. The van der Waals surface area contributed by atoms with Gasteiger partial charge in [-0.3, -0.25) is 0 Å². The highest BCUT2D eigenvalue weighted by Gasteiger charge is 2.38. The molecule has 1 heterocycles. The molecular formula is C60H45NS. The zero-order chi connectivity index (χ0) is 41.7. The number of thiophene rings is 1. The van der Waals surface area contributed by atoms with E-state index in [1.165, 1.54) is 104 Å². The molecule has 0 amide bonds. The van der Waals surface area contributed by atoms with E-state index in [2.05, 4.69) is 233 Å². The molecule has 296 valence electrons. The molecule has 0 saturated carbocycles. The van der Waals surface area contributed by atoms with E-state index in [1.54, 1.807) is 0 Å². The van der Waals surface area contributed by atoms with Crippen LogP contribution in [0.15, 0.2) is 200 Å². The first-order valence-corrected chi connectivity index (χ1v) is 22.6. The SMILES string of the molecule is CC1(C)c2ccccc2-c2cc(-c3ccccc3-c3ccccc3N(c3ccc(-c4ccc5c(c4)sc4ccccc45)cc3)c3cccc4c3-c3ccccc3C4(C)C)ccc21. The quantitative estimate of drug-likeness (QED) is 0.162. The second-order valence-electron chi connectivity index (χ2n) is 18.1. The molecule has 2 aliphatic carbocycles. The minimum absolute atomic E-state index is 0.0406.